The van der Waals surface area contributed by atoms with Crippen LogP contribution in [0.2, 0.25) is 5.02 Å². The summed E-state index contributed by atoms with van der Waals surface area (Å²) in [4.78, 5) is 20.5. The van der Waals surface area contributed by atoms with E-state index in [4.69, 9.17) is 11.6 Å². The highest BCUT2D eigenvalue weighted by Crippen LogP contribution is 2.11. The normalized spacial score (nSPS) is 10.3. The average molecular weight is 367 g/mol. The largest absolute Gasteiger partial charge is 0.370 e. The van der Waals surface area contributed by atoms with E-state index in [1.165, 1.54) is 5.56 Å². The van der Waals surface area contributed by atoms with Crippen LogP contribution >= 0.6 is 11.6 Å². The number of hydrogen-bond acceptors (Lipinski definition) is 4. The molecule has 0 radical (unpaired) electrons. The summed E-state index contributed by atoms with van der Waals surface area (Å²) in [5.74, 6) is 0.542. The van der Waals surface area contributed by atoms with Crippen LogP contribution in [0, 0.1) is 0 Å². The molecule has 2 aromatic heterocycles. The molecule has 5 nitrogen and oxygen atoms in total. The van der Waals surface area contributed by atoms with Crippen LogP contribution in [0.5, 0.6) is 0 Å². The van der Waals surface area contributed by atoms with Gasteiger partial charge in [-0.1, -0.05) is 23.7 Å². The third-order valence-corrected chi connectivity index (χ3v) is 4.11. The van der Waals surface area contributed by atoms with Crippen LogP contribution in [0.1, 0.15) is 21.5 Å². The first-order chi connectivity index (χ1) is 12.7. The fourth-order valence-electron chi connectivity index (χ4n) is 2.44. The fraction of sp³-hybridized carbons (Fsp3) is 0.150. The number of hydrogen-bond donors (Lipinski definition) is 2. The minimum absolute atomic E-state index is 0.134. The smallest absolute Gasteiger partial charge is 0.251 e. The Morgan fingerprint density at radius 3 is 2.50 bits per heavy atom. The van der Waals surface area contributed by atoms with E-state index < -0.39 is 0 Å². The van der Waals surface area contributed by atoms with E-state index in [0.29, 0.717) is 17.9 Å². The van der Waals surface area contributed by atoms with Crippen molar-refractivity contribution in [3.05, 3.63) is 88.8 Å². The second-order valence-corrected chi connectivity index (χ2v) is 6.21. The Kier molecular flexibility index (Phi) is 6.17. The SMILES string of the molecule is O=C(NCc1ccncc1)c1ccnc(NCCc2ccc(Cl)cc2)c1. The lowest BCUT2D eigenvalue weighted by molar-refractivity contribution is 0.0951. The molecule has 1 aromatic carbocycles. The Labute approximate surface area is 157 Å². The zero-order valence-corrected chi connectivity index (χ0v) is 14.9. The van der Waals surface area contributed by atoms with Gasteiger partial charge in [-0.3, -0.25) is 9.78 Å². The van der Waals surface area contributed by atoms with Crippen molar-refractivity contribution in [3.8, 4) is 0 Å². The third kappa shape index (κ3) is 5.29. The van der Waals surface area contributed by atoms with Gasteiger partial charge >= 0.3 is 0 Å². The number of benzene rings is 1. The monoisotopic (exact) mass is 366 g/mol. The summed E-state index contributed by atoms with van der Waals surface area (Å²) in [5.41, 5.74) is 2.76. The first kappa shape index (κ1) is 17.9. The molecule has 0 aliphatic rings. The van der Waals surface area contributed by atoms with Crippen LogP contribution < -0.4 is 10.6 Å². The average Bonchev–Trinajstić information content (AvgIpc) is 2.69. The fourth-order valence-corrected chi connectivity index (χ4v) is 2.57. The van der Waals surface area contributed by atoms with Crippen LogP contribution in [0.15, 0.2) is 67.1 Å². The first-order valence-corrected chi connectivity index (χ1v) is 8.70. The minimum Gasteiger partial charge on any atom is -0.370 e. The number of pyridine rings is 2. The molecule has 0 fully saturated rings. The lowest BCUT2D eigenvalue weighted by Gasteiger charge is -2.09. The number of nitrogens with one attached hydrogen (secondary N) is 2. The second kappa shape index (κ2) is 8.97. The molecule has 0 bridgehead atoms. The Morgan fingerprint density at radius 1 is 0.962 bits per heavy atom. The van der Waals surface area contributed by atoms with Gasteiger partial charge in [-0.25, -0.2) is 4.98 Å². The Balaban J connectivity index is 1.52. The molecule has 1 amide bonds. The number of carbonyl (C=O) groups excluding carboxylic acids is 1. The van der Waals surface area contributed by atoms with Crippen molar-refractivity contribution in [3.63, 3.8) is 0 Å². The maximum Gasteiger partial charge on any atom is 0.251 e. The molecule has 0 saturated carbocycles. The van der Waals surface area contributed by atoms with E-state index >= 15 is 0 Å². The maximum absolute atomic E-state index is 12.3. The van der Waals surface area contributed by atoms with Gasteiger partial charge in [-0.15, -0.1) is 0 Å². The van der Waals surface area contributed by atoms with E-state index in [0.717, 1.165) is 23.6 Å². The third-order valence-electron chi connectivity index (χ3n) is 3.86. The van der Waals surface area contributed by atoms with E-state index in [-0.39, 0.29) is 5.91 Å². The Morgan fingerprint density at radius 2 is 1.73 bits per heavy atom. The molecule has 0 aliphatic carbocycles. The zero-order chi connectivity index (χ0) is 18.2. The molecule has 2 N–H and O–H groups in total. The van der Waals surface area contributed by atoms with Crippen molar-refractivity contribution in [2.75, 3.05) is 11.9 Å². The second-order valence-electron chi connectivity index (χ2n) is 5.77. The Bertz CT molecular complexity index is 853. The summed E-state index contributed by atoms with van der Waals surface area (Å²) in [5, 5.41) is 6.87. The van der Waals surface area contributed by atoms with Crippen LogP contribution in [0.3, 0.4) is 0 Å². The zero-order valence-electron chi connectivity index (χ0n) is 14.2. The number of nitrogens with zero attached hydrogens (tertiary/aromatic N) is 2. The van der Waals surface area contributed by atoms with Gasteiger partial charge in [0.25, 0.3) is 5.91 Å². The molecule has 132 valence electrons. The van der Waals surface area contributed by atoms with Gasteiger partial charge in [0.05, 0.1) is 0 Å². The van der Waals surface area contributed by atoms with E-state index in [1.54, 1.807) is 30.7 Å². The van der Waals surface area contributed by atoms with Crippen molar-refractivity contribution < 1.29 is 4.79 Å². The van der Waals surface area contributed by atoms with E-state index in [2.05, 4.69) is 20.6 Å². The van der Waals surface area contributed by atoms with Crippen LogP contribution in [-0.2, 0) is 13.0 Å². The van der Waals surface area contributed by atoms with Gasteiger partial charge in [0.1, 0.15) is 5.82 Å². The van der Waals surface area contributed by atoms with Gasteiger partial charge < -0.3 is 10.6 Å². The topological polar surface area (TPSA) is 66.9 Å². The maximum atomic E-state index is 12.3. The van der Waals surface area contributed by atoms with E-state index in [9.17, 15) is 4.79 Å². The number of carbonyl (C=O) groups is 1. The molecular weight excluding hydrogens is 348 g/mol. The predicted octanol–water partition coefficient (Wildman–Crippen LogP) is 3.71. The summed E-state index contributed by atoms with van der Waals surface area (Å²) in [6, 6.07) is 15.0. The molecule has 26 heavy (non-hydrogen) atoms. The molecule has 3 rings (SSSR count). The van der Waals surface area contributed by atoms with Gasteiger partial charge in [-0.05, 0) is 53.9 Å². The summed E-state index contributed by atoms with van der Waals surface area (Å²) < 4.78 is 0. The lowest BCUT2D eigenvalue weighted by Crippen LogP contribution is -2.23. The van der Waals surface area contributed by atoms with Crippen molar-refractivity contribution in [2.24, 2.45) is 0 Å². The highest BCUT2D eigenvalue weighted by Gasteiger charge is 2.07. The number of rotatable bonds is 7. The quantitative estimate of drug-likeness (QED) is 0.668. The van der Waals surface area contributed by atoms with Crippen LogP contribution in [-0.4, -0.2) is 22.4 Å². The van der Waals surface area contributed by atoms with Gasteiger partial charge in [0.15, 0.2) is 0 Å². The predicted molar refractivity (Wildman–Crippen MR) is 103 cm³/mol. The van der Waals surface area contributed by atoms with Crippen LogP contribution in [0.25, 0.3) is 0 Å². The summed E-state index contributed by atoms with van der Waals surface area (Å²) in [6.45, 7) is 1.18. The van der Waals surface area contributed by atoms with Crippen molar-refractivity contribution in [2.45, 2.75) is 13.0 Å². The highest BCUT2D eigenvalue weighted by molar-refractivity contribution is 6.30. The molecule has 6 heteroatoms. The summed E-state index contributed by atoms with van der Waals surface area (Å²) in [7, 11) is 0. The molecule has 0 saturated heterocycles. The van der Waals surface area contributed by atoms with Crippen molar-refractivity contribution in [1.82, 2.24) is 15.3 Å². The first-order valence-electron chi connectivity index (χ1n) is 8.32. The Hall–Kier alpha value is -2.92. The molecule has 2 heterocycles. The summed E-state index contributed by atoms with van der Waals surface area (Å²) >= 11 is 5.89. The molecular formula is C20H19ClN4O. The van der Waals surface area contributed by atoms with E-state index in [1.807, 2.05) is 36.4 Å². The number of halogens is 1. The highest BCUT2D eigenvalue weighted by atomic mass is 35.5. The van der Waals surface area contributed by atoms with Crippen molar-refractivity contribution in [1.29, 1.82) is 0 Å². The van der Waals surface area contributed by atoms with Crippen LogP contribution in [0.4, 0.5) is 5.82 Å². The molecule has 0 aliphatic heterocycles. The van der Waals surface area contributed by atoms with Gasteiger partial charge in [0.2, 0.25) is 0 Å². The number of aromatic nitrogens is 2. The molecule has 3 aromatic rings. The standard InChI is InChI=1S/C20H19ClN4O/c21-18-3-1-15(2-4-18)7-11-23-19-13-17(8-12-24-19)20(26)25-14-16-5-9-22-10-6-16/h1-6,8-10,12-13H,7,11,14H2,(H,23,24)(H,25,26). The molecule has 0 atom stereocenters. The number of amides is 1. The summed E-state index contributed by atoms with van der Waals surface area (Å²) in [6.07, 6.45) is 5.89. The molecule has 0 unspecified atom stereocenters. The lowest BCUT2D eigenvalue weighted by atomic mass is 10.1. The number of anilines is 1. The van der Waals surface area contributed by atoms with Crippen molar-refractivity contribution >= 4 is 23.3 Å². The minimum atomic E-state index is -0.134. The van der Waals surface area contributed by atoms with Gasteiger partial charge in [-0.2, -0.15) is 0 Å². The molecule has 0 spiro atoms. The van der Waals surface area contributed by atoms with Gasteiger partial charge in [0, 0.05) is 42.3 Å².